The fourth-order valence-corrected chi connectivity index (χ4v) is 2.28. The minimum Gasteiger partial charge on any atom is -0.480 e. The van der Waals surface area contributed by atoms with Gasteiger partial charge in [-0.25, -0.2) is 0 Å². The summed E-state index contributed by atoms with van der Waals surface area (Å²) in [6, 6.07) is 7.21. The zero-order valence-corrected chi connectivity index (χ0v) is 10.4. The van der Waals surface area contributed by atoms with Gasteiger partial charge in [0.05, 0.1) is 13.2 Å². The summed E-state index contributed by atoms with van der Waals surface area (Å²) in [4.78, 5) is 24.6. The molecule has 0 spiro atoms. The molecule has 2 atom stereocenters. The third kappa shape index (κ3) is 2.91. The number of carboxylic acid groups (broad SMARTS) is 1. The molecule has 1 fully saturated rings. The van der Waals surface area contributed by atoms with E-state index in [4.69, 9.17) is 10.5 Å². The molecule has 2 unspecified atom stereocenters. The summed E-state index contributed by atoms with van der Waals surface area (Å²) < 4.78 is 5.20. The van der Waals surface area contributed by atoms with Crippen molar-refractivity contribution in [3.63, 3.8) is 0 Å². The number of amides is 1. The number of nitrogens with two attached hydrogens (primary N) is 1. The molecule has 1 aliphatic heterocycles. The molecule has 1 aromatic carbocycles. The van der Waals surface area contributed by atoms with E-state index < -0.39 is 24.0 Å². The number of rotatable bonds is 4. The summed E-state index contributed by atoms with van der Waals surface area (Å²) in [6.07, 6.45) is 0. The first-order valence-electron chi connectivity index (χ1n) is 6.02. The molecule has 1 heterocycles. The van der Waals surface area contributed by atoms with Crippen molar-refractivity contribution in [3.05, 3.63) is 35.9 Å². The van der Waals surface area contributed by atoms with Crippen molar-refractivity contribution in [2.75, 3.05) is 19.8 Å². The van der Waals surface area contributed by atoms with Crippen molar-refractivity contribution in [1.82, 2.24) is 4.90 Å². The molecule has 0 aromatic heterocycles. The zero-order chi connectivity index (χ0) is 13.8. The highest BCUT2D eigenvalue weighted by atomic mass is 16.5. The number of nitrogens with zero attached hydrogens (tertiary/aromatic N) is 1. The Bertz CT molecular complexity index is 463. The molecule has 1 saturated heterocycles. The van der Waals surface area contributed by atoms with Crippen LogP contribution in [0, 0.1) is 0 Å². The lowest BCUT2D eigenvalue weighted by Gasteiger charge is -2.37. The fraction of sp³-hybridized carbons (Fsp3) is 0.385. The average Bonchev–Trinajstić information content (AvgIpc) is 2.40. The average molecular weight is 264 g/mol. The van der Waals surface area contributed by atoms with E-state index in [9.17, 15) is 14.7 Å². The molecular formula is C13H16N2O4. The van der Waals surface area contributed by atoms with E-state index in [0.29, 0.717) is 18.7 Å². The Morgan fingerprint density at radius 3 is 2.63 bits per heavy atom. The van der Waals surface area contributed by atoms with Gasteiger partial charge in [-0.1, -0.05) is 30.3 Å². The van der Waals surface area contributed by atoms with Crippen LogP contribution in [0.25, 0.3) is 0 Å². The number of hydrogen-bond acceptors (Lipinski definition) is 4. The number of benzene rings is 1. The van der Waals surface area contributed by atoms with Crippen LogP contribution in [0.2, 0.25) is 0 Å². The van der Waals surface area contributed by atoms with Crippen LogP contribution in [0.1, 0.15) is 11.6 Å². The molecule has 2 rings (SSSR count). The van der Waals surface area contributed by atoms with Gasteiger partial charge in [0.2, 0.25) is 5.91 Å². The maximum absolute atomic E-state index is 11.5. The van der Waals surface area contributed by atoms with Crippen molar-refractivity contribution in [2.45, 2.75) is 12.1 Å². The lowest BCUT2D eigenvalue weighted by molar-refractivity contribution is -0.150. The Balaban J connectivity index is 2.32. The number of primary amides is 1. The summed E-state index contributed by atoms with van der Waals surface area (Å²) in [5.74, 6) is -1.57. The van der Waals surface area contributed by atoms with E-state index in [0.717, 1.165) is 0 Å². The second kappa shape index (κ2) is 5.81. The minimum absolute atomic E-state index is 0.131. The molecule has 19 heavy (non-hydrogen) atoms. The first-order valence-corrected chi connectivity index (χ1v) is 6.02. The number of carboxylic acids is 1. The van der Waals surface area contributed by atoms with Gasteiger partial charge in [-0.3, -0.25) is 14.5 Å². The first-order chi connectivity index (χ1) is 9.11. The number of morpholine rings is 1. The number of ether oxygens (including phenoxy) is 1. The van der Waals surface area contributed by atoms with Crippen LogP contribution in [0.3, 0.4) is 0 Å². The van der Waals surface area contributed by atoms with Crippen molar-refractivity contribution in [2.24, 2.45) is 5.73 Å². The summed E-state index contributed by atoms with van der Waals surface area (Å²) in [5.41, 5.74) is 5.95. The molecule has 3 N–H and O–H groups in total. The number of hydrogen-bond donors (Lipinski definition) is 2. The third-order valence-electron chi connectivity index (χ3n) is 3.18. The van der Waals surface area contributed by atoms with E-state index in [-0.39, 0.29) is 6.61 Å². The number of carbonyl (C=O) groups excluding carboxylic acids is 1. The van der Waals surface area contributed by atoms with Crippen LogP contribution in [0.5, 0.6) is 0 Å². The van der Waals surface area contributed by atoms with Crippen LogP contribution < -0.4 is 5.73 Å². The number of aliphatic carboxylic acids is 1. The van der Waals surface area contributed by atoms with E-state index in [1.54, 1.807) is 29.2 Å². The Kier molecular flexibility index (Phi) is 4.13. The molecule has 0 bridgehead atoms. The van der Waals surface area contributed by atoms with Crippen LogP contribution in [-0.2, 0) is 14.3 Å². The topological polar surface area (TPSA) is 92.9 Å². The lowest BCUT2D eigenvalue weighted by Crippen LogP contribution is -2.55. The second-order valence-corrected chi connectivity index (χ2v) is 4.38. The van der Waals surface area contributed by atoms with E-state index in [1.165, 1.54) is 0 Å². The number of carbonyl (C=O) groups is 2. The van der Waals surface area contributed by atoms with Gasteiger partial charge in [-0.05, 0) is 5.56 Å². The Morgan fingerprint density at radius 1 is 1.37 bits per heavy atom. The lowest BCUT2D eigenvalue weighted by atomic mass is 10.0. The largest absolute Gasteiger partial charge is 0.480 e. The van der Waals surface area contributed by atoms with Gasteiger partial charge in [0, 0.05) is 6.54 Å². The van der Waals surface area contributed by atoms with Gasteiger partial charge in [0.1, 0.15) is 12.1 Å². The predicted molar refractivity (Wildman–Crippen MR) is 67.3 cm³/mol. The van der Waals surface area contributed by atoms with Crippen molar-refractivity contribution >= 4 is 11.9 Å². The van der Waals surface area contributed by atoms with Crippen molar-refractivity contribution in [3.8, 4) is 0 Å². The molecule has 0 saturated carbocycles. The van der Waals surface area contributed by atoms with E-state index in [1.807, 2.05) is 6.07 Å². The summed E-state index contributed by atoms with van der Waals surface area (Å²) in [7, 11) is 0. The molecule has 0 radical (unpaired) electrons. The van der Waals surface area contributed by atoms with Crippen LogP contribution in [0.4, 0.5) is 0 Å². The highest BCUT2D eigenvalue weighted by Gasteiger charge is 2.37. The summed E-state index contributed by atoms with van der Waals surface area (Å²) in [6.45, 7) is 0.881. The Morgan fingerprint density at radius 2 is 2.05 bits per heavy atom. The maximum Gasteiger partial charge on any atom is 0.325 e. The smallest absolute Gasteiger partial charge is 0.325 e. The van der Waals surface area contributed by atoms with Crippen molar-refractivity contribution < 1.29 is 19.4 Å². The Hall–Kier alpha value is -1.92. The molecular weight excluding hydrogens is 248 g/mol. The van der Waals surface area contributed by atoms with Gasteiger partial charge in [0.25, 0.3) is 0 Å². The zero-order valence-electron chi connectivity index (χ0n) is 10.4. The summed E-state index contributed by atoms with van der Waals surface area (Å²) in [5, 5.41) is 9.44. The van der Waals surface area contributed by atoms with Crippen LogP contribution in [-0.4, -0.2) is 47.7 Å². The monoisotopic (exact) mass is 264 g/mol. The second-order valence-electron chi connectivity index (χ2n) is 4.38. The van der Waals surface area contributed by atoms with Crippen LogP contribution >= 0.6 is 0 Å². The molecule has 6 nitrogen and oxygen atoms in total. The predicted octanol–water partition coefficient (Wildman–Crippen LogP) is -0.00160. The van der Waals surface area contributed by atoms with Crippen molar-refractivity contribution in [1.29, 1.82) is 0 Å². The molecule has 0 aliphatic carbocycles. The SMILES string of the molecule is NC(=O)C1COCCN1C(C(=O)O)c1ccccc1. The molecule has 102 valence electrons. The van der Waals surface area contributed by atoms with Crippen LogP contribution in [0.15, 0.2) is 30.3 Å². The molecule has 1 aromatic rings. The van der Waals surface area contributed by atoms with Gasteiger partial charge in [-0.15, -0.1) is 0 Å². The van der Waals surface area contributed by atoms with Gasteiger partial charge >= 0.3 is 5.97 Å². The van der Waals surface area contributed by atoms with Gasteiger partial charge in [0.15, 0.2) is 0 Å². The summed E-state index contributed by atoms with van der Waals surface area (Å²) >= 11 is 0. The third-order valence-corrected chi connectivity index (χ3v) is 3.18. The minimum atomic E-state index is -1.00. The standard InChI is InChI=1S/C13H16N2O4/c14-12(16)10-8-19-7-6-15(10)11(13(17)18)9-4-2-1-3-5-9/h1-5,10-11H,6-8H2,(H2,14,16)(H,17,18). The highest BCUT2D eigenvalue weighted by molar-refractivity contribution is 5.82. The molecule has 1 amide bonds. The molecule has 1 aliphatic rings. The Labute approximate surface area is 110 Å². The normalized spacial score (nSPS) is 21.8. The quantitative estimate of drug-likeness (QED) is 0.798. The fourth-order valence-electron chi connectivity index (χ4n) is 2.28. The maximum atomic E-state index is 11.5. The van der Waals surface area contributed by atoms with E-state index >= 15 is 0 Å². The molecule has 6 heteroatoms. The first kappa shape index (κ1) is 13.5. The van der Waals surface area contributed by atoms with Gasteiger partial charge < -0.3 is 15.6 Å². The van der Waals surface area contributed by atoms with E-state index in [2.05, 4.69) is 0 Å². The highest BCUT2D eigenvalue weighted by Crippen LogP contribution is 2.25. The van der Waals surface area contributed by atoms with Gasteiger partial charge in [-0.2, -0.15) is 0 Å².